The van der Waals surface area contributed by atoms with Crippen LogP contribution in [-0.2, 0) is 18.7 Å². The minimum absolute atomic E-state index is 0.725. The van der Waals surface area contributed by atoms with Crippen LogP contribution in [0.3, 0.4) is 0 Å². The first-order valence-electron chi connectivity index (χ1n) is 15.0. The van der Waals surface area contributed by atoms with E-state index in [2.05, 4.69) is 97.0 Å². The molecule has 0 spiro atoms. The molecule has 0 saturated heterocycles. The Bertz CT molecular complexity index is 1780. The Hall–Kier alpha value is -4.24. The van der Waals surface area contributed by atoms with Crippen LogP contribution in [0, 0.1) is 31.1 Å². The largest absolute Gasteiger partial charge is 0.380 e. The molecule has 5 radical (unpaired) electrons. The third kappa shape index (κ3) is 4.49. The zero-order valence-corrected chi connectivity index (χ0v) is 23.9. The molecule has 1 heterocycles. The molecule has 2 heteroatoms. The van der Waals surface area contributed by atoms with Gasteiger partial charge in [0.25, 0.3) is 0 Å². The van der Waals surface area contributed by atoms with Crippen LogP contribution in [0.2, 0.25) is 0 Å². The minimum atomic E-state index is -1.25. The first kappa shape index (κ1) is 26.4. The molecule has 1 fully saturated rings. The van der Waals surface area contributed by atoms with E-state index in [4.69, 9.17) is 0 Å². The summed E-state index contributed by atoms with van der Waals surface area (Å²) in [5.41, 5.74) is 5.86. The Kier molecular flexibility index (Phi) is 6.62. The molecule has 1 saturated carbocycles. The van der Waals surface area contributed by atoms with Gasteiger partial charge in [-0.3, -0.25) is 4.90 Å². The van der Waals surface area contributed by atoms with Crippen molar-refractivity contribution in [1.29, 1.82) is 0 Å². The third-order valence-corrected chi connectivity index (χ3v) is 9.14. The van der Waals surface area contributed by atoms with E-state index in [1.165, 1.54) is 43.8 Å². The lowest BCUT2D eigenvalue weighted by Crippen LogP contribution is -2.40. The maximum atomic E-state index is 12.6. The van der Waals surface area contributed by atoms with E-state index >= 15 is 0 Å². The smallest absolute Gasteiger partial charge is 0.122 e. The molecule has 43 heavy (non-hydrogen) atoms. The fraction of sp³-hybridized carbons (Fsp3) is 0.0976. The third-order valence-electron chi connectivity index (χ3n) is 9.14. The van der Waals surface area contributed by atoms with E-state index in [9.17, 15) is 5.11 Å². The van der Waals surface area contributed by atoms with Gasteiger partial charge in [0.1, 0.15) is 5.60 Å². The molecule has 6 aromatic carbocycles. The lowest BCUT2D eigenvalue weighted by Gasteiger charge is -2.39. The van der Waals surface area contributed by atoms with Gasteiger partial charge < -0.3 is 5.11 Å². The highest BCUT2D eigenvalue weighted by atomic mass is 16.3. The first-order valence-corrected chi connectivity index (χ1v) is 15.0. The second kappa shape index (κ2) is 10.8. The van der Waals surface area contributed by atoms with E-state index in [0.717, 1.165) is 42.6 Å². The maximum absolute atomic E-state index is 12.6. The summed E-state index contributed by atoms with van der Waals surface area (Å²) in [6, 6.07) is 46.8. The topological polar surface area (TPSA) is 23.5 Å². The van der Waals surface area contributed by atoms with E-state index < -0.39 is 5.60 Å². The first-order chi connectivity index (χ1) is 21.2. The molecule has 1 aliphatic carbocycles. The van der Waals surface area contributed by atoms with Crippen molar-refractivity contribution in [3.05, 3.63) is 187 Å². The second-order valence-electron chi connectivity index (χ2n) is 11.7. The van der Waals surface area contributed by atoms with Crippen molar-refractivity contribution in [3.8, 4) is 11.1 Å². The van der Waals surface area contributed by atoms with Crippen LogP contribution in [0.25, 0.3) is 32.7 Å². The monoisotopic (exact) mass is 554 g/mol. The molecule has 6 aromatic rings. The van der Waals surface area contributed by atoms with Gasteiger partial charge >= 0.3 is 0 Å². The summed E-state index contributed by atoms with van der Waals surface area (Å²) >= 11 is 0. The number of nitrogens with zero attached hydrogens (tertiary/aromatic N) is 1. The van der Waals surface area contributed by atoms with Crippen LogP contribution >= 0.6 is 0 Å². The van der Waals surface area contributed by atoms with Gasteiger partial charge in [-0.2, -0.15) is 0 Å². The predicted molar refractivity (Wildman–Crippen MR) is 176 cm³/mol. The molecule has 1 N–H and O–H groups in total. The number of benzene rings is 6. The number of hydrogen-bond acceptors (Lipinski definition) is 2. The van der Waals surface area contributed by atoms with Crippen molar-refractivity contribution in [2.24, 2.45) is 0 Å². The average Bonchev–Trinajstić information content (AvgIpc) is 3.46. The van der Waals surface area contributed by atoms with Crippen LogP contribution in [-0.4, -0.2) is 16.6 Å². The molecule has 0 bridgehead atoms. The molecular weight excluding hydrogens is 522 g/mol. The van der Waals surface area contributed by atoms with E-state index in [1.807, 2.05) is 60.7 Å². The molecule has 8 rings (SSSR count). The van der Waals surface area contributed by atoms with Crippen molar-refractivity contribution in [2.45, 2.75) is 18.7 Å². The highest BCUT2D eigenvalue weighted by Gasteiger charge is 2.48. The number of aliphatic hydroxyl groups is 1. The zero-order valence-electron chi connectivity index (χ0n) is 23.9. The molecule has 0 aromatic heterocycles. The Morgan fingerprint density at radius 2 is 1.02 bits per heavy atom. The second-order valence-corrected chi connectivity index (χ2v) is 11.7. The van der Waals surface area contributed by atoms with Gasteiger partial charge in [-0.15, -0.1) is 0 Å². The summed E-state index contributed by atoms with van der Waals surface area (Å²) in [5.74, 6) is 2.08. The van der Waals surface area contributed by atoms with Gasteiger partial charge in [-0.1, -0.05) is 133 Å². The predicted octanol–water partition coefficient (Wildman–Crippen LogP) is 8.69. The summed E-state index contributed by atoms with van der Waals surface area (Å²) in [6.45, 7) is 2.37. The van der Waals surface area contributed by atoms with Gasteiger partial charge in [0.15, 0.2) is 0 Å². The van der Waals surface area contributed by atoms with Crippen LogP contribution in [0.4, 0.5) is 0 Å². The zero-order chi connectivity index (χ0) is 28.8. The normalized spacial score (nSPS) is 16.3. The van der Waals surface area contributed by atoms with Gasteiger partial charge in [-0.05, 0) is 74.2 Å². The van der Waals surface area contributed by atoms with Crippen molar-refractivity contribution in [2.75, 3.05) is 6.54 Å². The van der Waals surface area contributed by atoms with E-state index in [0.29, 0.717) is 0 Å². The standard InChI is InChI=1S/C41H32NO/c43-41(34-15-3-1-4-16-34,35-17-5-2-6-18-35)38-21-11-14-31(38)26-42-27-32-24-22-29-12-7-9-19-36(29)39(32)40-33(28-42)25-23-30-13-8-10-20-37(30)40/h1-25,43H,26-28H2. The minimum Gasteiger partial charge on any atom is -0.380 e. The van der Waals surface area contributed by atoms with Crippen molar-refractivity contribution >= 4 is 21.5 Å². The SMILES string of the molecule is OC([C]1[CH][CH][CH][C]1CN1Cc2ccc3ccccc3c2-c2c(ccc3ccccc23)C1)(c1ccccc1)c1ccccc1. The molecule has 2 nitrogen and oxygen atoms in total. The van der Waals surface area contributed by atoms with E-state index in [1.54, 1.807) is 0 Å². The highest BCUT2D eigenvalue weighted by molar-refractivity contribution is 6.08. The summed E-state index contributed by atoms with van der Waals surface area (Å²) in [6.07, 6.45) is 6.36. The Morgan fingerprint density at radius 3 is 1.56 bits per heavy atom. The van der Waals surface area contributed by atoms with Gasteiger partial charge in [-0.25, -0.2) is 0 Å². The molecule has 0 amide bonds. The summed E-state index contributed by atoms with van der Waals surface area (Å²) in [5, 5.41) is 17.8. The average molecular weight is 555 g/mol. The Morgan fingerprint density at radius 1 is 0.535 bits per heavy atom. The summed E-state index contributed by atoms with van der Waals surface area (Å²) in [7, 11) is 0. The number of rotatable bonds is 5. The fourth-order valence-electron chi connectivity index (χ4n) is 7.16. The van der Waals surface area contributed by atoms with Crippen molar-refractivity contribution < 1.29 is 5.11 Å². The molecule has 1 aliphatic heterocycles. The molecule has 2 aliphatic rings. The van der Waals surface area contributed by atoms with Gasteiger partial charge in [0.2, 0.25) is 0 Å². The quantitative estimate of drug-likeness (QED) is 0.230. The molecule has 0 unspecified atom stereocenters. The Labute approximate surface area is 254 Å². The van der Waals surface area contributed by atoms with Crippen LogP contribution in [0.1, 0.15) is 22.3 Å². The fourth-order valence-corrected chi connectivity index (χ4v) is 7.16. The summed E-state index contributed by atoms with van der Waals surface area (Å²) < 4.78 is 0. The molecule has 207 valence electrons. The summed E-state index contributed by atoms with van der Waals surface area (Å²) in [4.78, 5) is 2.53. The maximum Gasteiger partial charge on any atom is 0.122 e. The lowest BCUT2D eigenvalue weighted by atomic mass is 9.71. The van der Waals surface area contributed by atoms with Gasteiger partial charge in [0.05, 0.1) is 0 Å². The highest BCUT2D eigenvalue weighted by Crippen LogP contribution is 2.50. The van der Waals surface area contributed by atoms with Crippen molar-refractivity contribution in [1.82, 2.24) is 4.90 Å². The number of hydrogen-bond donors (Lipinski definition) is 1. The lowest BCUT2D eigenvalue weighted by molar-refractivity contribution is 0.0986. The number of fused-ring (bicyclic) bond motifs is 7. The van der Waals surface area contributed by atoms with Crippen LogP contribution < -0.4 is 0 Å². The molecular formula is C41H32NO. The van der Waals surface area contributed by atoms with Gasteiger partial charge in [0, 0.05) is 31.5 Å². The Balaban J connectivity index is 1.22. The van der Waals surface area contributed by atoms with E-state index in [-0.39, 0.29) is 0 Å². The molecule has 0 atom stereocenters. The van der Waals surface area contributed by atoms with Crippen LogP contribution in [0.15, 0.2) is 133 Å². The van der Waals surface area contributed by atoms with Crippen molar-refractivity contribution in [3.63, 3.8) is 0 Å². The van der Waals surface area contributed by atoms with Crippen LogP contribution in [0.5, 0.6) is 0 Å².